The van der Waals surface area contributed by atoms with Crippen LogP contribution in [0, 0.1) is 6.92 Å². The second-order valence-corrected chi connectivity index (χ2v) is 8.65. The number of rotatable bonds is 1. The summed E-state index contributed by atoms with van der Waals surface area (Å²) in [5, 5.41) is 0. The van der Waals surface area contributed by atoms with Crippen molar-refractivity contribution < 1.29 is 16.8 Å². The first-order valence-corrected chi connectivity index (χ1v) is 8.94. The van der Waals surface area contributed by atoms with Crippen LogP contribution in [0.1, 0.15) is 5.56 Å². The molecule has 0 aliphatic rings. The number of sulfone groups is 1. The van der Waals surface area contributed by atoms with Gasteiger partial charge in [-0.25, -0.2) is 8.42 Å². The molecule has 1 aromatic rings. The van der Waals surface area contributed by atoms with E-state index in [9.17, 15) is 8.42 Å². The summed E-state index contributed by atoms with van der Waals surface area (Å²) in [5.74, 6) is 0. The van der Waals surface area contributed by atoms with E-state index in [4.69, 9.17) is 8.42 Å². The first-order chi connectivity index (χ1) is 7.00. The SMILES string of the molecule is Cc1ccc(S(C)(=O)=O)cc1.O=S(=O)(Cl)Cl. The highest BCUT2D eigenvalue weighted by atomic mass is 36.0. The van der Waals surface area contributed by atoms with E-state index >= 15 is 0 Å². The van der Waals surface area contributed by atoms with Crippen LogP contribution in [0.2, 0.25) is 0 Å². The molecule has 0 spiro atoms. The van der Waals surface area contributed by atoms with Crippen molar-refractivity contribution in [1.29, 1.82) is 0 Å². The zero-order valence-electron chi connectivity index (χ0n) is 8.51. The summed E-state index contributed by atoms with van der Waals surface area (Å²) in [6.45, 7) is 1.92. The average molecular weight is 305 g/mol. The lowest BCUT2D eigenvalue weighted by Crippen LogP contribution is -1.95. The van der Waals surface area contributed by atoms with Gasteiger partial charge in [-0.2, -0.15) is 8.42 Å². The molecule has 0 atom stereocenters. The van der Waals surface area contributed by atoms with Crippen LogP contribution in [-0.2, 0) is 18.1 Å². The molecule has 92 valence electrons. The molecular weight excluding hydrogens is 295 g/mol. The summed E-state index contributed by atoms with van der Waals surface area (Å²) in [5.41, 5.74) is 1.07. The molecule has 0 saturated heterocycles. The number of hydrogen-bond donors (Lipinski definition) is 0. The maximum absolute atomic E-state index is 10.9. The Labute approximate surface area is 104 Å². The molecule has 0 aliphatic heterocycles. The van der Waals surface area contributed by atoms with Crippen molar-refractivity contribution in [2.75, 3.05) is 6.26 Å². The third kappa shape index (κ3) is 8.96. The highest BCUT2D eigenvalue weighted by Gasteiger charge is 2.04. The zero-order chi connectivity index (χ0) is 13.0. The summed E-state index contributed by atoms with van der Waals surface area (Å²) in [6, 6.07) is 6.81. The van der Waals surface area contributed by atoms with Crippen molar-refractivity contribution >= 4 is 39.5 Å². The van der Waals surface area contributed by atoms with Crippen LogP contribution in [0.3, 0.4) is 0 Å². The molecular formula is C8H10Cl2O4S2. The van der Waals surface area contributed by atoms with Gasteiger partial charge >= 0.3 is 8.26 Å². The Kier molecular flexibility index (Phi) is 5.75. The third-order valence-electron chi connectivity index (χ3n) is 1.45. The highest BCUT2D eigenvalue weighted by Crippen LogP contribution is 2.08. The Morgan fingerprint density at radius 2 is 1.25 bits per heavy atom. The van der Waals surface area contributed by atoms with Crippen molar-refractivity contribution in [2.45, 2.75) is 11.8 Å². The predicted molar refractivity (Wildman–Crippen MR) is 64.9 cm³/mol. The number of halogens is 2. The number of aryl methyl sites for hydroxylation is 1. The lowest BCUT2D eigenvalue weighted by atomic mass is 10.2. The molecule has 1 aromatic carbocycles. The van der Waals surface area contributed by atoms with E-state index in [1.807, 2.05) is 6.92 Å². The molecule has 0 saturated carbocycles. The molecule has 0 N–H and O–H groups in total. The largest absolute Gasteiger partial charge is 0.317 e. The van der Waals surface area contributed by atoms with Gasteiger partial charge < -0.3 is 0 Å². The topological polar surface area (TPSA) is 68.3 Å². The van der Waals surface area contributed by atoms with Gasteiger partial charge in [-0.3, -0.25) is 0 Å². The molecule has 4 nitrogen and oxygen atoms in total. The lowest BCUT2D eigenvalue weighted by molar-refractivity contribution is 0.601. The molecule has 0 heterocycles. The molecule has 16 heavy (non-hydrogen) atoms. The maximum atomic E-state index is 10.9. The predicted octanol–water partition coefficient (Wildman–Crippen LogP) is 2.11. The smallest absolute Gasteiger partial charge is 0.224 e. The highest BCUT2D eigenvalue weighted by molar-refractivity contribution is 8.31. The second-order valence-electron chi connectivity index (χ2n) is 2.96. The number of hydrogen-bond acceptors (Lipinski definition) is 4. The van der Waals surface area contributed by atoms with Gasteiger partial charge in [0.1, 0.15) is 0 Å². The Morgan fingerprint density at radius 3 is 1.50 bits per heavy atom. The van der Waals surface area contributed by atoms with E-state index in [0.29, 0.717) is 4.90 Å². The van der Waals surface area contributed by atoms with E-state index in [2.05, 4.69) is 21.4 Å². The van der Waals surface area contributed by atoms with Crippen LogP contribution in [-0.4, -0.2) is 23.1 Å². The van der Waals surface area contributed by atoms with Gasteiger partial charge in [0.2, 0.25) is 0 Å². The van der Waals surface area contributed by atoms with Gasteiger partial charge in [0.05, 0.1) is 4.90 Å². The monoisotopic (exact) mass is 304 g/mol. The summed E-state index contributed by atoms with van der Waals surface area (Å²) in [7, 11) is 1.79. The molecule has 0 fully saturated rings. The van der Waals surface area contributed by atoms with E-state index in [1.54, 1.807) is 24.3 Å². The van der Waals surface area contributed by atoms with E-state index in [-0.39, 0.29) is 0 Å². The van der Waals surface area contributed by atoms with Gasteiger partial charge in [0.15, 0.2) is 9.84 Å². The van der Waals surface area contributed by atoms with Crippen molar-refractivity contribution in [2.24, 2.45) is 0 Å². The summed E-state index contributed by atoms with van der Waals surface area (Å²) in [4.78, 5) is 0.378. The van der Waals surface area contributed by atoms with Gasteiger partial charge in [-0.1, -0.05) is 17.7 Å². The fourth-order valence-electron chi connectivity index (χ4n) is 0.785. The van der Waals surface area contributed by atoms with Crippen LogP contribution in [0.15, 0.2) is 29.2 Å². The summed E-state index contributed by atoms with van der Waals surface area (Å²) in [6.07, 6.45) is 1.21. The maximum Gasteiger partial charge on any atom is 0.317 e. The Bertz CT molecular complexity index is 524. The zero-order valence-corrected chi connectivity index (χ0v) is 11.7. The van der Waals surface area contributed by atoms with E-state index < -0.39 is 18.1 Å². The molecule has 8 heteroatoms. The van der Waals surface area contributed by atoms with Crippen LogP contribution < -0.4 is 0 Å². The third-order valence-corrected chi connectivity index (χ3v) is 2.58. The van der Waals surface area contributed by atoms with Crippen molar-refractivity contribution in [3.8, 4) is 0 Å². The summed E-state index contributed by atoms with van der Waals surface area (Å²) >= 11 is 0. The fraction of sp³-hybridized carbons (Fsp3) is 0.250. The normalized spacial score (nSPS) is 11.5. The molecule has 0 aliphatic carbocycles. The van der Waals surface area contributed by atoms with Crippen LogP contribution in [0.5, 0.6) is 0 Å². The van der Waals surface area contributed by atoms with Crippen molar-refractivity contribution in [3.63, 3.8) is 0 Å². The molecule has 0 amide bonds. The quantitative estimate of drug-likeness (QED) is 0.745. The number of benzene rings is 1. The van der Waals surface area contributed by atoms with Crippen molar-refractivity contribution in [1.82, 2.24) is 0 Å². The molecule has 0 bridgehead atoms. The average Bonchev–Trinajstić information content (AvgIpc) is 1.99. The van der Waals surface area contributed by atoms with Gasteiger partial charge in [0.25, 0.3) is 0 Å². The standard InChI is InChI=1S/C8H10O2S.Cl2O2S/c1-7-3-5-8(6-4-7)11(2,9)10;1-5(2,3)4/h3-6H,1-2H3;. The van der Waals surface area contributed by atoms with E-state index in [1.165, 1.54) is 6.26 Å². The molecule has 1 rings (SSSR count). The Hall–Kier alpha value is -0.300. The van der Waals surface area contributed by atoms with Crippen LogP contribution in [0.25, 0.3) is 0 Å². The Balaban J connectivity index is 0.000000385. The Morgan fingerprint density at radius 1 is 0.938 bits per heavy atom. The van der Waals surface area contributed by atoms with Gasteiger partial charge in [0, 0.05) is 27.6 Å². The lowest BCUT2D eigenvalue weighted by Gasteiger charge is -1.96. The van der Waals surface area contributed by atoms with Crippen LogP contribution in [0.4, 0.5) is 0 Å². The minimum atomic E-state index is -3.72. The first kappa shape index (κ1) is 15.7. The van der Waals surface area contributed by atoms with E-state index in [0.717, 1.165) is 5.56 Å². The summed E-state index contributed by atoms with van der Waals surface area (Å²) < 4.78 is 40.2. The minimum Gasteiger partial charge on any atom is -0.224 e. The molecule has 0 aromatic heterocycles. The van der Waals surface area contributed by atoms with Gasteiger partial charge in [-0.15, -0.1) is 0 Å². The first-order valence-electron chi connectivity index (χ1n) is 3.91. The molecule has 0 radical (unpaired) electrons. The van der Waals surface area contributed by atoms with Crippen molar-refractivity contribution in [3.05, 3.63) is 29.8 Å². The second kappa shape index (κ2) is 5.86. The van der Waals surface area contributed by atoms with Crippen LogP contribution >= 0.6 is 21.4 Å². The fourth-order valence-corrected chi connectivity index (χ4v) is 1.42. The molecule has 0 unspecified atom stereocenters. The minimum absolute atomic E-state index is 0.378. The van der Waals surface area contributed by atoms with Gasteiger partial charge in [-0.05, 0) is 19.1 Å².